The fourth-order valence-corrected chi connectivity index (χ4v) is 3.70. The zero-order chi connectivity index (χ0) is 25.4. The summed E-state index contributed by atoms with van der Waals surface area (Å²) in [6.07, 6.45) is 9.89. The summed E-state index contributed by atoms with van der Waals surface area (Å²) in [7, 11) is 0. The van der Waals surface area contributed by atoms with E-state index in [0.717, 1.165) is 24.0 Å². The number of ketones is 1. The number of amides is 1. The van der Waals surface area contributed by atoms with Crippen molar-refractivity contribution < 1.29 is 19.4 Å². The second-order valence-corrected chi connectivity index (χ2v) is 9.29. The molecular formula is C26H35N5O4. The minimum Gasteiger partial charge on any atom is -0.374 e. The third-order valence-electron chi connectivity index (χ3n) is 5.61. The summed E-state index contributed by atoms with van der Waals surface area (Å²) in [5, 5.41) is 16.6. The lowest BCUT2D eigenvalue weighted by atomic mass is 9.97. The summed E-state index contributed by atoms with van der Waals surface area (Å²) in [5.41, 5.74) is 6.68. The van der Waals surface area contributed by atoms with Crippen molar-refractivity contribution in [2.45, 2.75) is 64.1 Å². The van der Waals surface area contributed by atoms with Crippen LogP contribution < -0.4 is 16.4 Å². The van der Waals surface area contributed by atoms with Gasteiger partial charge >= 0.3 is 0 Å². The number of allylic oxidation sites excluding steroid dienone is 4. The molecule has 3 atom stereocenters. The van der Waals surface area contributed by atoms with E-state index >= 15 is 0 Å². The highest BCUT2D eigenvalue weighted by molar-refractivity contribution is 5.85. The van der Waals surface area contributed by atoms with E-state index in [1.54, 1.807) is 37.9 Å². The van der Waals surface area contributed by atoms with E-state index in [1.165, 1.54) is 0 Å². The van der Waals surface area contributed by atoms with Crippen molar-refractivity contribution in [1.29, 1.82) is 0 Å². The van der Waals surface area contributed by atoms with Gasteiger partial charge < -0.3 is 30.8 Å². The number of rotatable bonds is 12. The van der Waals surface area contributed by atoms with Gasteiger partial charge in [0.2, 0.25) is 5.91 Å². The second kappa shape index (κ2) is 11.9. The summed E-state index contributed by atoms with van der Waals surface area (Å²) in [4.78, 5) is 29.2. The zero-order valence-electron chi connectivity index (χ0n) is 20.5. The molecule has 1 aliphatic rings. The number of aliphatic hydroxyl groups is 1. The molecule has 0 aliphatic heterocycles. The van der Waals surface area contributed by atoms with Gasteiger partial charge in [0, 0.05) is 6.20 Å². The molecule has 1 aromatic heterocycles. The van der Waals surface area contributed by atoms with Crippen LogP contribution in [0.5, 0.6) is 0 Å². The Labute approximate surface area is 206 Å². The van der Waals surface area contributed by atoms with E-state index in [1.807, 2.05) is 42.5 Å². The van der Waals surface area contributed by atoms with Crippen LogP contribution in [0.1, 0.15) is 45.2 Å². The molecule has 1 heterocycles. The van der Waals surface area contributed by atoms with Crippen molar-refractivity contribution in [3.05, 3.63) is 72.2 Å². The first-order valence-corrected chi connectivity index (χ1v) is 11.7. The molecule has 0 saturated carbocycles. The Hall–Kier alpha value is -3.27. The summed E-state index contributed by atoms with van der Waals surface area (Å²) in [5.74, 6) is -0.0831. The molecule has 1 aliphatic carbocycles. The summed E-state index contributed by atoms with van der Waals surface area (Å²) < 4.78 is 7.48. The lowest BCUT2D eigenvalue weighted by Gasteiger charge is -2.28. The molecule has 35 heavy (non-hydrogen) atoms. The van der Waals surface area contributed by atoms with Gasteiger partial charge in [-0.25, -0.2) is 4.98 Å². The number of Topliss-reactive ketones (excluding diaryl/α,β-unsaturated/α-hetero) is 1. The van der Waals surface area contributed by atoms with Crippen molar-refractivity contribution in [2.24, 2.45) is 5.73 Å². The number of nitrogens with two attached hydrogens (primary N) is 1. The third kappa shape index (κ3) is 7.61. The van der Waals surface area contributed by atoms with Gasteiger partial charge in [-0.05, 0) is 44.7 Å². The Balaban J connectivity index is 1.69. The Kier molecular flexibility index (Phi) is 8.97. The van der Waals surface area contributed by atoms with Crippen LogP contribution in [0, 0.1) is 0 Å². The van der Waals surface area contributed by atoms with Crippen molar-refractivity contribution in [2.75, 3.05) is 11.9 Å². The molecule has 0 saturated heterocycles. The SMILES string of the molecule is CC(=O)C(C1=CCCC=C1)n1cnc(NC(O)C(COCc2ccccc2)NC(=O)C(C)(C)N)c1. The maximum absolute atomic E-state index is 12.5. The molecule has 1 aromatic carbocycles. The molecule has 0 radical (unpaired) electrons. The smallest absolute Gasteiger partial charge is 0.239 e. The molecular weight excluding hydrogens is 446 g/mol. The average molecular weight is 482 g/mol. The van der Waals surface area contributed by atoms with Crippen LogP contribution in [0.4, 0.5) is 5.82 Å². The van der Waals surface area contributed by atoms with Crippen molar-refractivity contribution in [3.63, 3.8) is 0 Å². The van der Waals surface area contributed by atoms with E-state index in [-0.39, 0.29) is 12.4 Å². The van der Waals surface area contributed by atoms with Crippen LogP contribution in [-0.4, -0.2) is 50.8 Å². The van der Waals surface area contributed by atoms with E-state index in [4.69, 9.17) is 10.5 Å². The topological polar surface area (TPSA) is 132 Å². The summed E-state index contributed by atoms with van der Waals surface area (Å²) in [6, 6.07) is 8.31. The molecule has 9 heteroatoms. The third-order valence-corrected chi connectivity index (χ3v) is 5.61. The number of hydrogen-bond donors (Lipinski definition) is 4. The van der Waals surface area contributed by atoms with Crippen molar-refractivity contribution >= 4 is 17.5 Å². The molecule has 0 bridgehead atoms. The average Bonchev–Trinajstić information content (AvgIpc) is 3.26. The van der Waals surface area contributed by atoms with E-state index < -0.39 is 29.8 Å². The van der Waals surface area contributed by atoms with Crippen molar-refractivity contribution in [1.82, 2.24) is 14.9 Å². The van der Waals surface area contributed by atoms with E-state index in [2.05, 4.69) is 21.7 Å². The Morgan fingerprint density at radius 3 is 2.63 bits per heavy atom. The van der Waals surface area contributed by atoms with Crippen molar-refractivity contribution in [3.8, 4) is 0 Å². The first-order chi connectivity index (χ1) is 16.6. The number of aliphatic hydroxyl groups excluding tert-OH is 1. The summed E-state index contributed by atoms with van der Waals surface area (Å²) in [6.45, 7) is 5.08. The number of hydrogen-bond acceptors (Lipinski definition) is 7. The van der Waals surface area contributed by atoms with E-state index in [0.29, 0.717) is 12.4 Å². The monoisotopic (exact) mass is 481 g/mol. The largest absolute Gasteiger partial charge is 0.374 e. The molecule has 5 N–H and O–H groups in total. The molecule has 9 nitrogen and oxygen atoms in total. The molecule has 0 spiro atoms. The number of ether oxygens (including phenoxy) is 1. The van der Waals surface area contributed by atoms with Crippen LogP contribution in [0.25, 0.3) is 0 Å². The number of imidazole rings is 1. The molecule has 188 valence electrons. The number of benzene rings is 1. The van der Waals surface area contributed by atoms with Crippen LogP contribution in [0.15, 0.2) is 66.7 Å². The molecule has 0 fully saturated rings. The molecule has 3 rings (SSSR count). The highest BCUT2D eigenvalue weighted by Crippen LogP contribution is 2.25. The minimum absolute atomic E-state index is 0.0167. The zero-order valence-corrected chi connectivity index (χ0v) is 20.5. The number of carbonyl (C=O) groups excluding carboxylic acids is 2. The van der Waals surface area contributed by atoms with Gasteiger partial charge in [-0.1, -0.05) is 48.6 Å². The van der Waals surface area contributed by atoms with Gasteiger partial charge in [-0.3, -0.25) is 9.59 Å². The van der Waals surface area contributed by atoms with Gasteiger partial charge in [-0.2, -0.15) is 0 Å². The summed E-state index contributed by atoms with van der Waals surface area (Å²) >= 11 is 0. The van der Waals surface area contributed by atoms with Crippen LogP contribution in [0.3, 0.4) is 0 Å². The lowest BCUT2D eigenvalue weighted by Crippen LogP contribution is -2.57. The fraction of sp³-hybridized carbons (Fsp3) is 0.423. The normalized spacial score (nSPS) is 16.2. The first-order valence-electron chi connectivity index (χ1n) is 11.7. The number of carbonyl (C=O) groups is 2. The number of anilines is 1. The number of nitrogens with zero attached hydrogens (tertiary/aromatic N) is 2. The van der Waals surface area contributed by atoms with Crippen LogP contribution >= 0.6 is 0 Å². The van der Waals surface area contributed by atoms with E-state index in [9.17, 15) is 14.7 Å². The number of aromatic nitrogens is 2. The standard InChI is InChI=1S/C26H35N5O4/c1-18(32)23(20-12-8-5-9-13-20)31-14-22(28-17-31)30-24(33)21(29-25(34)26(2,3)27)16-35-15-19-10-6-4-7-11-19/h4,6-8,10-14,17,21,23-24,30,33H,5,9,15-16,27H2,1-3H3,(H,29,34). The molecule has 1 amide bonds. The predicted octanol–water partition coefficient (Wildman–Crippen LogP) is 2.46. The second-order valence-electron chi connectivity index (χ2n) is 9.29. The Morgan fingerprint density at radius 1 is 1.26 bits per heavy atom. The predicted molar refractivity (Wildman–Crippen MR) is 134 cm³/mol. The number of nitrogens with one attached hydrogen (secondary N) is 2. The van der Waals surface area contributed by atoms with Gasteiger partial charge in [0.25, 0.3) is 0 Å². The van der Waals surface area contributed by atoms with Gasteiger partial charge in [0.15, 0.2) is 5.78 Å². The fourth-order valence-electron chi connectivity index (χ4n) is 3.70. The molecule has 3 unspecified atom stereocenters. The minimum atomic E-state index is -1.22. The first kappa shape index (κ1) is 26.3. The highest BCUT2D eigenvalue weighted by Gasteiger charge is 2.29. The Bertz CT molecular complexity index is 1060. The van der Waals surface area contributed by atoms with Crippen LogP contribution in [0.2, 0.25) is 0 Å². The molecule has 2 aromatic rings. The van der Waals surface area contributed by atoms with Gasteiger partial charge in [0.05, 0.1) is 31.1 Å². The maximum atomic E-state index is 12.5. The highest BCUT2D eigenvalue weighted by atomic mass is 16.5. The quantitative estimate of drug-likeness (QED) is 0.343. The van der Waals surface area contributed by atoms with Gasteiger partial charge in [0.1, 0.15) is 18.1 Å². The Morgan fingerprint density at radius 2 is 2.00 bits per heavy atom. The van der Waals surface area contributed by atoms with Gasteiger partial charge in [-0.15, -0.1) is 0 Å². The maximum Gasteiger partial charge on any atom is 0.239 e. The van der Waals surface area contributed by atoms with Crippen LogP contribution in [-0.2, 0) is 20.9 Å². The lowest BCUT2D eigenvalue weighted by molar-refractivity contribution is -0.127.